The largest absolute Gasteiger partial charge is 0.480 e. The highest BCUT2D eigenvalue weighted by atomic mass is 32.2. The topological polar surface area (TPSA) is 61.8 Å². The minimum Gasteiger partial charge on any atom is -0.480 e. The summed E-state index contributed by atoms with van der Waals surface area (Å²) < 4.78 is 5.71. The first-order chi connectivity index (χ1) is 9.66. The number of carboxylic acids is 1. The number of morpholine rings is 1. The van der Waals surface area contributed by atoms with Crippen molar-refractivity contribution in [1.82, 2.24) is 10.4 Å². The predicted molar refractivity (Wildman–Crippen MR) is 82.5 cm³/mol. The van der Waals surface area contributed by atoms with Gasteiger partial charge in [0.15, 0.2) is 0 Å². The van der Waals surface area contributed by atoms with Gasteiger partial charge in [-0.15, -0.1) is 0 Å². The number of benzene rings is 1. The summed E-state index contributed by atoms with van der Waals surface area (Å²) in [7, 11) is 0. The van der Waals surface area contributed by atoms with Crippen molar-refractivity contribution in [2.24, 2.45) is 0 Å². The fourth-order valence-electron chi connectivity index (χ4n) is 1.83. The molecule has 1 aromatic rings. The van der Waals surface area contributed by atoms with E-state index in [0.717, 1.165) is 30.4 Å². The number of carboxylic acid groups (broad SMARTS) is 1. The summed E-state index contributed by atoms with van der Waals surface area (Å²) >= 11 is 6.37. The molecular weight excluding hydrogens is 296 g/mol. The van der Waals surface area contributed by atoms with Gasteiger partial charge in [-0.2, -0.15) is 0 Å². The smallest absolute Gasteiger partial charge is 0.321 e. The van der Waals surface area contributed by atoms with Crippen molar-refractivity contribution in [3.8, 4) is 0 Å². The summed E-state index contributed by atoms with van der Waals surface area (Å²) in [6.07, 6.45) is 0. The number of ether oxygens (including phenoxy) is 1. The van der Waals surface area contributed by atoms with Crippen LogP contribution in [0.4, 0.5) is 0 Å². The lowest BCUT2D eigenvalue weighted by Gasteiger charge is -2.28. The zero-order valence-corrected chi connectivity index (χ0v) is 12.5. The lowest BCUT2D eigenvalue weighted by molar-refractivity contribution is -0.136. The lowest BCUT2D eigenvalue weighted by Crippen LogP contribution is -2.47. The number of hydrogen-bond acceptors (Lipinski definition) is 5. The molecule has 1 aromatic carbocycles. The highest BCUT2D eigenvalue weighted by molar-refractivity contribution is 8.23. The Kier molecular flexibility index (Phi) is 5.78. The molecule has 0 aliphatic carbocycles. The summed E-state index contributed by atoms with van der Waals surface area (Å²) in [5.41, 5.74) is 3.79. The van der Waals surface area contributed by atoms with E-state index in [1.165, 1.54) is 0 Å². The second-order valence-corrected chi connectivity index (χ2v) is 6.03. The molecule has 0 aromatic heterocycles. The molecule has 1 heterocycles. The highest BCUT2D eigenvalue weighted by Crippen LogP contribution is 2.29. The summed E-state index contributed by atoms with van der Waals surface area (Å²) in [5.74, 6) is -0.896. The molecule has 1 fully saturated rings. The molecule has 1 atom stereocenters. The molecule has 1 saturated heterocycles. The van der Waals surface area contributed by atoms with Crippen LogP contribution in [0.1, 0.15) is 10.8 Å². The number of nitrogens with zero attached hydrogens (tertiary/aromatic N) is 1. The molecule has 0 saturated carbocycles. The van der Waals surface area contributed by atoms with Gasteiger partial charge in [0, 0.05) is 13.1 Å². The quantitative estimate of drug-likeness (QED) is 0.820. The molecule has 20 heavy (non-hydrogen) atoms. The third-order valence-corrected chi connectivity index (χ3v) is 4.21. The minimum absolute atomic E-state index is 0.461. The Balaban J connectivity index is 1.94. The molecule has 0 spiro atoms. The maximum absolute atomic E-state index is 11.4. The van der Waals surface area contributed by atoms with Gasteiger partial charge >= 0.3 is 5.97 Å². The zero-order chi connectivity index (χ0) is 14.4. The Morgan fingerprint density at radius 3 is 2.60 bits per heavy atom. The predicted octanol–water partition coefficient (Wildman–Crippen LogP) is 1.67. The maximum Gasteiger partial charge on any atom is 0.321 e. The normalized spacial score (nSPS) is 17.4. The van der Waals surface area contributed by atoms with Gasteiger partial charge in [0.1, 0.15) is 9.57 Å². The van der Waals surface area contributed by atoms with Crippen molar-refractivity contribution < 1.29 is 14.6 Å². The number of thioether (sulfide) groups is 1. The molecule has 1 aliphatic rings. The second-order valence-electron chi connectivity index (χ2n) is 4.25. The molecule has 5 nitrogen and oxygen atoms in total. The third-order valence-electron chi connectivity index (χ3n) is 2.81. The van der Waals surface area contributed by atoms with Crippen LogP contribution in [0.5, 0.6) is 0 Å². The molecule has 7 heteroatoms. The van der Waals surface area contributed by atoms with E-state index in [9.17, 15) is 9.90 Å². The Labute approximate surface area is 127 Å². The van der Waals surface area contributed by atoms with Gasteiger partial charge in [0.2, 0.25) is 0 Å². The first kappa shape index (κ1) is 15.2. The van der Waals surface area contributed by atoms with E-state index in [1.54, 1.807) is 12.1 Å². The van der Waals surface area contributed by atoms with Gasteiger partial charge in [0.05, 0.1) is 13.2 Å². The first-order valence-electron chi connectivity index (χ1n) is 6.24. The standard InChI is InChI=1S/C13H16N2O3S2/c16-12(17)11(10-4-2-1-3-5-10)20-13(19)14-15-6-8-18-9-7-15/h1-5,11H,6-9H2,(H,14,19)(H,16,17). The summed E-state index contributed by atoms with van der Waals surface area (Å²) in [4.78, 5) is 11.4. The molecule has 108 valence electrons. The molecular formula is C13H16N2O3S2. The van der Waals surface area contributed by atoms with Gasteiger partial charge < -0.3 is 15.3 Å². The molecule has 2 rings (SSSR count). The van der Waals surface area contributed by atoms with Crippen molar-refractivity contribution in [2.75, 3.05) is 26.3 Å². The fraction of sp³-hybridized carbons (Fsp3) is 0.385. The average molecular weight is 312 g/mol. The number of aliphatic carboxylic acids is 1. The van der Waals surface area contributed by atoms with Crippen LogP contribution < -0.4 is 5.43 Å². The Morgan fingerprint density at radius 2 is 2.00 bits per heavy atom. The zero-order valence-electron chi connectivity index (χ0n) is 10.8. The van der Waals surface area contributed by atoms with E-state index >= 15 is 0 Å². The van der Waals surface area contributed by atoms with E-state index in [1.807, 2.05) is 23.2 Å². The Hall–Kier alpha value is -1.15. The van der Waals surface area contributed by atoms with E-state index < -0.39 is 11.2 Å². The summed E-state index contributed by atoms with van der Waals surface area (Å²) in [6, 6.07) is 9.10. The van der Waals surface area contributed by atoms with Crippen LogP contribution in [0.15, 0.2) is 30.3 Å². The van der Waals surface area contributed by atoms with Crippen LogP contribution in [0, 0.1) is 0 Å². The van der Waals surface area contributed by atoms with Crippen molar-refractivity contribution >= 4 is 34.3 Å². The monoisotopic (exact) mass is 312 g/mol. The third kappa shape index (κ3) is 4.45. The fourth-order valence-corrected chi connectivity index (χ4v) is 3.03. The van der Waals surface area contributed by atoms with Crippen LogP contribution in [0.3, 0.4) is 0 Å². The van der Waals surface area contributed by atoms with Gasteiger partial charge in [-0.25, -0.2) is 5.01 Å². The van der Waals surface area contributed by atoms with Crippen LogP contribution >= 0.6 is 24.0 Å². The van der Waals surface area contributed by atoms with Crippen molar-refractivity contribution in [3.63, 3.8) is 0 Å². The van der Waals surface area contributed by atoms with E-state index in [-0.39, 0.29) is 0 Å². The number of rotatable bonds is 4. The lowest BCUT2D eigenvalue weighted by atomic mass is 10.1. The second kappa shape index (κ2) is 7.58. The van der Waals surface area contributed by atoms with Crippen molar-refractivity contribution in [1.29, 1.82) is 0 Å². The molecule has 1 aliphatic heterocycles. The van der Waals surface area contributed by atoms with Gasteiger partial charge in [-0.3, -0.25) is 4.79 Å². The number of hydrogen-bond donors (Lipinski definition) is 2. The molecule has 0 amide bonds. The molecule has 1 unspecified atom stereocenters. The van der Waals surface area contributed by atoms with E-state index in [2.05, 4.69) is 5.43 Å². The molecule has 2 N–H and O–H groups in total. The molecule has 0 bridgehead atoms. The first-order valence-corrected chi connectivity index (χ1v) is 7.53. The van der Waals surface area contributed by atoms with Crippen LogP contribution in [-0.2, 0) is 9.53 Å². The van der Waals surface area contributed by atoms with Gasteiger partial charge in [0.25, 0.3) is 0 Å². The van der Waals surface area contributed by atoms with E-state index in [4.69, 9.17) is 17.0 Å². The van der Waals surface area contributed by atoms with Crippen LogP contribution in [-0.4, -0.2) is 46.7 Å². The SMILES string of the molecule is O=C(O)C(SC(=S)NN1CCOCC1)c1ccccc1. The minimum atomic E-state index is -0.896. The number of nitrogens with one attached hydrogen (secondary N) is 1. The summed E-state index contributed by atoms with van der Waals surface area (Å²) in [6.45, 7) is 2.79. The average Bonchev–Trinajstić information content (AvgIpc) is 2.46. The summed E-state index contributed by atoms with van der Waals surface area (Å²) in [5, 5.41) is 10.6. The highest BCUT2D eigenvalue weighted by Gasteiger charge is 2.23. The van der Waals surface area contributed by atoms with Crippen LogP contribution in [0.25, 0.3) is 0 Å². The van der Waals surface area contributed by atoms with Gasteiger partial charge in [-0.1, -0.05) is 54.3 Å². The number of hydrazine groups is 1. The molecule has 0 radical (unpaired) electrons. The maximum atomic E-state index is 11.4. The number of thiocarbonyl (C=S) groups is 1. The van der Waals surface area contributed by atoms with E-state index in [0.29, 0.717) is 17.5 Å². The van der Waals surface area contributed by atoms with Crippen molar-refractivity contribution in [2.45, 2.75) is 5.25 Å². The Bertz CT molecular complexity index is 464. The van der Waals surface area contributed by atoms with Gasteiger partial charge in [-0.05, 0) is 5.56 Å². The number of carbonyl (C=O) groups is 1. The van der Waals surface area contributed by atoms with Crippen LogP contribution in [0.2, 0.25) is 0 Å². The van der Waals surface area contributed by atoms with Crippen molar-refractivity contribution in [3.05, 3.63) is 35.9 Å². The Morgan fingerprint density at radius 1 is 1.35 bits per heavy atom.